The molecule has 1 aromatic heterocycles. The van der Waals surface area contributed by atoms with E-state index in [0.717, 1.165) is 18.0 Å². The van der Waals surface area contributed by atoms with Crippen molar-refractivity contribution in [1.82, 2.24) is 15.2 Å². The molecule has 2 saturated heterocycles. The number of hydrogen-bond acceptors (Lipinski definition) is 5. The molecule has 1 saturated carbocycles. The summed E-state index contributed by atoms with van der Waals surface area (Å²) in [5.41, 5.74) is 0.485. The summed E-state index contributed by atoms with van der Waals surface area (Å²) < 4.78 is 5.88. The second-order valence-electron chi connectivity index (χ2n) is 7.32. The van der Waals surface area contributed by atoms with Gasteiger partial charge in [0, 0.05) is 42.8 Å². The molecule has 3 fully saturated rings. The van der Waals surface area contributed by atoms with Gasteiger partial charge in [0.05, 0.1) is 17.7 Å². The molecule has 1 N–H and O–H groups in total. The molecule has 3 aliphatic rings. The van der Waals surface area contributed by atoms with E-state index < -0.39 is 0 Å². The van der Waals surface area contributed by atoms with Gasteiger partial charge in [0.25, 0.3) is 5.91 Å². The van der Waals surface area contributed by atoms with Gasteiger partial charge in [0.2, 0.25) is 5.91 Å². The molecule has 130 valence electrons. The molecule has 1 aliphatic carbocycles. The number of carbonyl (C=O) groups excluding carboxylic acids is 2. The van der Waals surface area contributed by atoms with Crippen LogP contribution in [0.3, 0.4) is 0 Å². The fraction of sp³-hybridized carbons (Fsp3) is 0.706. The van der Waals surface area contributed by atoms with Crippen molar-refractivity contribution in [2.24, 2.45) is 23.7 Å². The number of rotatable bonds is 4. The maximum Gasteiger partial charge on any atom is 0.270 e. The van der Waals surface area contributed by atoms with Crippen LogP contribution in [0.25, 0.3) is 0 Å². The highest BCUT2D eigenvalue weighted by Gasteiger charge is 2.49. The number of thiazole rings is 1. The van der Waals surface area contributed by atoms with Gasteiger partial charge in [-0.15, -0.1) is 11.3 Å². The minimum absolute atomic E-state index is 0.125. The van der Waals surface area contributed by atoms with Gasteiger partial charge in [-0.3, -0.25) is 9.59 Å². The van der Waals surface area contributed by atoms with Crippen molar-refractivity contribution in [1.29, 1.82) is 0 Å². The van der Waals surface area contributed by atoms with Crippen LogP contribution in [-0.2, 0) is 9.53 Å². The van der Waals surface area contributed by atoms with Crippen LogP contribution < -0.4 is 5.32 Å². The average Bonchev–Trinajstić information content (AvgIpc) is 2.95. The van der Waals surface area contributed by atoms with Crippen LogP contribution in [0.4, 0.5) is 0 Å². The molecular formula is C17H23N3O3S. The van der Waals surface area contributed by atoms with E-state index in [0.29, 0.717) is 43.1 Å². The van der Waals surface area contributed by atoms with Crippen molar-refractivity contribution in [3.63, 3.8) is 0 Å². The summed E-state index contributed by atoms with van der Waals surface area (Å²) in [6.07, 6.45) is 1.16. The predicted molar refractivity (Wildman–Crippen MR) is 89.8 cm³/mol. The van der Waals surface area contributed by atoms with E-state index in [-0.39, 0.29) is 23.8 Å². The highest BCUT2D eigenvalue weighted by atomic mass is 32.1. The lowest BCUT2D eigenvalue weighted by Crippen LogP contribution is -2.36. The Hall–Kier alpha value is -1.47. The van der Waals surface area contributed by atoms with Crippen molar-refractivity contribution < 1.29 is 14.3 Å². The van der Waals surface area contributed by atoms with Crippen LogP contribution in [0, 0.1) is 30.6 Å². The normalized spacial score (nSPS) is 34.2. The summed E-state index contributed by atoms with van der Waals surface area (Å²) >= 11 is 1.48. The summed E-state index contributed by atoms with van der Waals surface area (Å²) in [6.45, 7) is 6.74. The van der Waals surface area contributed by atoms with E-state index in [4.69, 9.17) is 4.74 Å². The van der Waals surface area contributed by atoms with Gasteiger partial charge in [-0.05, 0) is 19.3 Å². The molecule has 7 heteroatoms. The summed E-state index contributed by atoms with van der Waals surface area (Å²) in [4.78, 5) is 30.7. The Morgan fingerprint density at radius 3 is 2.92 bits per heavy atom. The Bertz CT molecular complexity index is 661. The molecule has 0 radical (unpaired) electrons. The predicted octanol–water partition coefficient (Wildman–Crippen LogP) is 1.31. The molecule has 6 nitrogen and oxygen atoms in total. The third-order valence-electron chi connectivity index (χ3n) is 5.55. The Labute approximate surface area is 145 Å². The van der Waals surface area contributed by atoms with Crippen LogP contribution in [0.15, 0.2) is 5.38 Å². The van der Waals surface area contributed by atoms with E-state index in [1.54, 1.807) is 5.38 Å². The Balaban J connectivity index is 1.31. The molecule has 2 aliphatic heterocycles. The van der Waals surface area contributed by atoms with Gasteiger partial charge in [-0.1, -0.05) is 6.92 Å². The lowest BCUT2D eigenvalue weighted by Gasteiger charge is -2.20. The molecule has 5 atom stereocenters. The number of likely N-dealkylation sites (tertiary alicyclic amines) is 1. The van der Waals surface area contributed by atoms with Crippen molar-refractivity contribution in [2.75, 3.05) is 26.2 Å². The Kier molecular flexibility index (Phi) is 4.08. The molecule has 2 amide bonds. The van der Waals surface area contributed by atoms with Crippen molar-refractivity contribution in [3.05, 3.63) is 16.1 Å². The van der Waals surface area contributed by atoms with Crippen molar-refractivity contribution in [3.8, 4) is 0 Å². The number of amides is 2. The highest BCUT2D eigenvalue weighted by Crippen LogP contribution is 2.41. The number of fused-ring (bicyclic) bond motifs is 1. The van der Waals surface area contributed by atoms with Crippen LogP contribution in [0.1, 0.15) is 28.8 Å². The van der Waals surface area contributed by atoms with Gasteiger partial charge < -0.3 is 15.0 Å². The first-order chi connectivity index (χ1) is 11.5. The van der Waals surface area contributed by atoms with E-state index in [2.05, 4.69) is 17.2 Å². The maximum absolute atomic E-state index is 12.4. The molecule has 3 heterocycles. The highest BCUT2D eigenvalue weighted by molar-refractivity contribution is 7.09. The molecule has 0 unspecified atom stereocenters. The first-order valence-corrected chi connectivity index (χ1v) is 9.51. The third-order valence-corrected chi connectivity index (χ3v) is 6.33. The van der Waals surface area contributed by atoms with E-state index in [1.165, 1.54) is 11.3 Å². The fourth-order valence-corrected chi connectivity index (χ4v) is 4.46. The first-order valence-electron chi connectivity index (χ1n) is 8.63. The second kappa shape index (κ2) is 6.11. The molecule has 24 heavy (non-hydrogen) atoms. The van der Waals surface area contributed by atoms with Crippen LogP contribution >= 0.6 is 11.3 Å². The smallest absolute Gasteiger partial charge is 0.270 e. The number of aromatic nitrogens is 1. The van der Waals surface area contributed by atoms with Crippen LogP contribution in [0.5, 0.6) is 0 Å². The molecular weight excluding hydrogens is 326 g/mol. The first kappa shape index (κ1) is 16.0. The molecule has 4 rings (SSSR count). The number of nitrogens with one attached hydrogen (secondary N) is 1. The summed E-state index contributed by atoms with van der Waals surface area (Å²) in [6, 6.07) is 0. The Morgan fingerprint density at radius 2 is 2.25 bits per heavy atom. The standard InChI is InChI=1S/C17H23N3O3S/c1-9-3-12(9)17(22)20-5-13-11(7-23-15(13)6-20)4-18-16(21)14-8-24-10(2)19-14/h8-9,11-13,15H,3-7H2,1-2H3,(H,18,21)/t9-,11+,12+,13+,15+/m0/s1. The van der Waals surface area contributed by atoms with E-state index >= 15 is 0 Å². The minimum atomic E-state index is -0.125. The molecule has 0 aromatic carbocycles. The quantitative estimate of drug-likeness (QED) is 0.890. The topological polar surface area (TPSA) is 71.5 Å². The largest absolute Gasteiger partial charge is 0.376 e. The number of carbonyl (C=O) groups is 2. The van der Waals surface area contributed by atoms with Gasteiger partial charge in [0.1, 0.15) is 5.69 Å². The van der Waals surface area contributed by atoms with Crippen LogP contribution in [0.2, 0.25) is 0 Å². The van der Waals surface area contributed by atoms with Gasteiger partial charge in [-0.25, -0.2) is 4.98 Å². The van der Waals surface area contributed by atoms with Crippen molar-refractivity contribution >= 4 is 23.2 Å². The maximum atomic E-state index is 12.4. The zero-order valence-electron chi connectivity index (χ0n) is 14.0. The second-order valence-corrected chi connectivity index (χ2v) is 8.38. The average molecular weight is 349 g/mol. The summed E-state index contributed by atoms with van der Waals surface area (Å²) in [5, 5.41) is 5.65. The lowest BCUT2D eigenvalue weighted by molar-refractivity contribution is -0.132. The Morgan fingerprint density at radius 1 is 1.46 bits per heavy atom. The number of aryl methyl sites for hydroxylation is 1. The zero-order valence-corrected chi connectivity index (χ0v) is 14.8. The zero-order chi connectivity index (χ0) is 16.8. The number of hydrogen-bond donors (Lipinski definition) is 1. The fourth-order valence-electron chi connectivity index (χ4n) is 3.87. The molecule has 0 spiro atoms. The molecule has 0 bridgehead atoms. The minimum Gasteiger partial charge on any atom is -0.376 e. The van der Waals surface area contributed by atoms with Gasteiger partial charge in [-0.2, -0.15) is 0 Å². The van der Waals surface area contributed by atoms with Gasteiger partial charge >= 0.3 is 0 Å². The van der Waals surface area contributed by atoms with Crippen molar-refractivity contribution in [2.45, 2.75) is 26.4 Å². The van der Waals surface area contributed by atoms with Gasteiger partial charge in [0.15, 0.2) is 0 Å². The SMILES string of the molecule is Cc1nc(C(=O)NC[C@@H]2CO[C@@H]3CN(C(=O)[C@@H]4C[C@@H]4C)C[C@H]23)cs1. The van der Waals surface area contributed by atoms with E-state index in [9.17, 15) is 9.59 Å². The third kappa shape index (κ3) is 2.95. The monoisotopic (exact) mass is 349 g/mol. The summed E-state index contributed by atoms with van der Waals surface area (Å²) in [7, 11) is 0. The van der Waals surface area contributed by atoms with Crippen LogP contribution in [-0.4, -0.2) is 54.0 Å². The number of nitrogens with zero attached hydrogens (tertiary/aromatic N) is 2. The number of ether oxygens (including phenoxy) is 1. The molecule has 1 aromatic rings. The summed E-state index contributed by atoms with van der Waals surface area (Å²) in [5.74, 6) is 1.54. The van der Waals surface area contributed by atoms with E-state index in [1.807, 2.05) is 11.8 Å². The lowest BCUT2D eigenvalue weighted by atomic mass is 9.93.